The molecule has 10 heteroatoms. The molecular weight excluding hydrogens is 456 g/mol. The lowest BCUT2D eigenvalue weighted by Gasteiger charge is -2.22. The number of nitrogens with two attached hydrogens (primary N) is 1. The van der Waals surface area contributed by atoms with Crippen molar-refractivity contribution in [1.82, 2.24) is 29.5 Å². The number of aromatic nitrogens is 6. The summed E-state index contributed by atoms with van der Waals surface area (Å²) in [5.41, 5.74) is 10.0. The first-order valence-electron chi connectivity index (χ1n) is 11.9. The maximum Gasteiger partial charge on any atom is 0.259 e. The van der Waals surface area contributed by atoms with Crippen LogP contribution in [0.4, 0.5) is 11.5 Å². The van der Waals surface area contributed by atoms with E-state index in [-0.39, 0.29) is 17.6 Å². The van der Waals surface area contributed by atoms with Crippen LogP contribution >= 0.6 is 0 Å². The van der Waals surface area contributed by atoms with E-state index in [0.717, 1.165) is 35.0 Å². The molecule has 0 aliphatic heterocycles. The number of fused-ring (bicyclic) bond motifs is 1. The number of nitrogens with one attached hydrogen (secondary N) is 1. The highest BCUT2D eigenvalue weighted by molar-refractivity contribution is 5.96. The Hall–Kier alpha value is -4.47. The number of aryl methyl sites for hydroxylation is 2. The van der Waals surface area contributed by atoms with Crippen LogP contribution < -0.4 is 16.6 Å². The summed E-state index contributed by atoms with van der Waals surface area (Å²) in [5.74, 6) is 1.34. The zero-order chi connectivity index (χ0) is 25.0. The number of anilines is 2. The van der Waals surface area contributed by atoms with Crippen LogP contribution in [-0.2, 0) is 7.05 Å². The first-order valence-corrected chi connectivity index (χ1v) is 11.9. The van der Waals surface area contributed by atoms with Crippen molar-refractivity contribution < 1.29 is 4.52 Å². The Morgan fingerprint density at radius 2 is 2.08 bits per heavy atom. The summed E-state index contributed by atoms with van der Waals surface area (Å²) in [4.78, 5) is 22.8. The van der Waals surface area contributed by atoms with E-state index < -0.39 is 0 Å². The van der Waals surface area contributed by atoms with Crippen molar-refractivity contribution in [3.05, 3.63) is 70.9 Å². The van der Waals surface area contributed by atoms with Gasteiger partial charge in [-0.05, 0) is 42.8 Å². The predicted octanol–water partition coefficient (Wildman–Crippen LogP) is 4.25. The van der Waals surface area contributed by atoms with Crippen LogP contribution in [0.5, 0.6) is 0 Å². The molecule has 0 amide bonds. The summed E-state index contributed by atoms with van der Waals surface area (Å²) >= 11 is 0. The van der Waals surface area contributed by atoms with Crippen LogP contribution in [0.2, 0.25) is 0 Å². The fraction of sp³-hybridized carbons (Fsp3) is 0.269. The first kappa shape index (κ1) is 22.0. The van der Waals surface area contributed by atoms with Gasteiger partial charge in [-0.3, -0.25) is 9.48 Å². The fourth-order valence-electron chi connectivity index (χ4n) is 4.74. The molecule has 1 atom stereocenters. The molecule has 1 aliphatic rings. The minimum Gasteiger partial charge on any atom is -0.398 e. The standard InChI is InChI=1S/C26H26N8O2/c1-14(30-24-23(20(27)9-10-28-24)25-31-15(2)36-32-25)21-11-16-5-4-6-19(17-12-29-33(3)13-17)22(16)26(35)34(21)18-7-8-18/h4-6,9-14,18H,7-8H2,1-3H3,(H3,27,28,30)/t14-/m0/s1. The predicted molar refractivity (Wildman–Crippen MR) is 137 cm³/mol. The maximum absolute atomic E-state index is 14.0. The van der Waals surface area contributed by atoms with E-state index in [1.807, 2.05) is 42.9 Å². The van der Waals surface area contributed by atoms with Crippen LogP contribution in [0.3, 0.4) is 0 Å². The average molecular weight is 483 g/mol. The second-order valence-electron chi connectivity index (χ2n) is 9.27. The van der Waals surface area contributed by atoms with Gasteiger partial charge in [-0.15, -0.1) is 0 Å². The van der Waals surface area contributed by atoms with Crippen molar-refractivity contribution in [2.45, 2.75) is 38.8 Å². The van der Waals surface area contributed by atoms with Gasteiger partial charge in [-0.25, -0.2) is 4.98 Å². The summed E-state index contributed by atoms with van der Waals surface area (Å²) < 4.78 is 8.85. The van der Waals surface area contributed by atoms with Crippen LogP contribution in [0.1, 0.15) is 43.4 Å². The van der Waals surface area contributed by atoms with Crippen LogP contribution in [0, 0.1) is 6.92 Å². The van der Waals surface area contributed by atoms with Gasteiger partial charge in [0.15, 0.2) is 0 Å². The van der Waals surface area contributed by atoms with Gasteiger partial charge in [0.05, 0.1) is 23.2 Å². The number of hydrogen-bond acceptors (Lipinski definition) is 8. The number of nitrogens with zero attached hydrogens (tertiary/aromatic N) is 6. The molecule has 1 saturated carbocycles. The molecule has 3 N–H and O–H groups in total. The van der Waals surface area contributed by atoms with Crippen LogP contribution in [0.25, 0.3) is 33.3 Å². The van der Waals surface area contributed by atoms with E-state index >= 15 is 0 Å². The van der Waals surface area contributed by atoms with Crippen molar-refractivity contribution >= 4 is 22.3 Å². The maximum atomic E-state index is 14.0. The molecule has 5 aromatic rings. The number of benzene rings is 1. The summed E-state index contributed by atoms with van der Waals surface area (Å²) in [6, 6.07) is 9.67. The molecule has 4 aromatic heterocycles. The third kappa shape index (κ3) is 3.71. The summed E-state index contributed by atoms with van der Waals surface area (Å²) in [6.07, 6.45) is 7.31. The van der Waals surface area contributed by atoms with E-state index in [1.54, 1.807) is 30.1 Å². The molecule has 0 bridgehead atoms. The van der Waals surface area contributed by atoms with Crippen molar-refractivity contribution in [2.75, 3.05) is 11.1 Å². The monoisotopic (exact) mass is 482 g/mol. The SMILES string of the molecule is Cc1nc(-c2c(N)ccnc2N[C@@H](C)c2cc3cccc(-c4cnn(C)c4)c3c(=O)n2C2CC2)no1. The largest absolute Gasteiger partial charge is 0.398 e. The minimum atomic E-state index is -0.245. The van der Waals surface area contributed by atoms with E-state index in [9.17, 15) is 4.79 Å². The number of hydrogen-bond donors (Lipinski definition) is 2. The molecule has 1 fully saturated rings. The lowest BCUT2D eigenvalue weighted by atomic mass is 10.00. The third-order valence-corrected chi connectivity index (χ3v) is 6.57. The normalized spacial score (nSPS) is 14.3. The number of nitrogen functional groups attached to an aromatic ring is 1. The Morgan fingerprint density at radius 1 is 1.25 bits per heavy atom. The Kier molecular flexibility index (Phi) is 5.10. The molecular formula is C26H26N8O2. The molecule has 0 unspecified atom stereocenters. The van der Waals surface area contributed by atoms with E-state index in [2.05, 4.69) is 31.6 Å². The van der Waals surface area contributed by atoms with Crippen molar-refractivity contribution in [2.24, 2.45) is 7.05 Å². The lowest BCUT2D eigenvalue weighted by molar-refractivity contribution is 0.394. The molecule has 182 valence electrons. The van der Waals surface area contributed by atoms with Gasteiger partial charge >= 0.3 is 0 Å². The summed E-state index contributed by atoms with van der Waals surface area (Å²) in [5, 5.41) is 13.4. The highest BCUT2D eigenvalue weighted by Crippen LogP contribution is 2.39. The zero-order valence-corrected chi connectivity index (χ0v) is 20.3. The Balaban J connectivity index is 1.47. The van der Waals surface area contributed by atoms with Crippen LogP contribution in [0.15, 0.2) is 58.2 Å². The molecule has 0 radical (unpaired) electrons. The van der Waals surface area contributed by atoms with Gasteiger partial charge in [0.1, 0.15) is 5.82 Å². The van der Waals surface area contributed by atoms with Gasteiger partial charge < -0.3 is 20.1 Å². The van der Waals surface area contributed by atoms with E-state index in [0.29, 0.717) is 34.2 Å². The first-order chi connectivity index (χ1) is 17.4. The van der Waals surface area contributed by atoms with Gasteiger partial charge in [-0.1, -0.05) is 23.4 Å². The quantitative estimate of drug-likeness (QED) is 0.367. The molecule has 6 rings (SSSR count). The molecule has 0 saturated heterocycles. The molecule has 10 nitrogen and oxygen atoms in total. The van der Waals surface area contributed by atoms with Crippen molar-refractivity contribution in [1.29, 1.82) is 0 Å². The third-order valence-electron chi connectivity index (χ3n) is 6.57. The molecule has 0 spiro atoms. The smallest absolute Gasteiger partial charge is 0.259 e. The van der Waals surface area contributed by atoms with E-state index in [4.69, 9.17) is 10.3 Å². The Labute approximate surface area is 206 Å². The zero-order valence-electron chi connectivity index (χ0n) is 20.3. The minimum absolute atomic E-state index is 0.00709. The Bertz CT molecular complexity index is 1660. The number of pyridine rings is 2. The fourth-order valence-corrected chi connectivity index (χ4v) is 4.74. The second kappa shape index (κ2) is 8.33. The highest BCUT2D eigenvalue weighted by Gasteiger charge is 2.30. The van der Waals surface area contributed by atoms with Gasteiger partial charge in [-0.2, -0.15) is 10.1 Å². The average Bonchev–Trinajstić information content (AvgIpc) is 3.45. The highest BCUT2D eigenvalue weighted by atomic mass is 16.5. The van der Waals surface area contributed by atoms with Crippen molar-refractivity contribution in [3.8, 4) is 22.5 Å². The van der Waals surface area contributed by atoms with Gasteiger partial charge in [0.2, 0.25) is 11.7 Å². The summed E-state index contributed by atoms with van der Waals surface area (Å²) in [7, 11) is 1.87. The van der Waals surface area contributed by atoms with Crippen LogP contribution in [-0.4, -0.2) is 29.5 Å². The van der Waals surface area contributed by atoms with Crippen molar-refractivity contribution in [3.63, 3.8) is 0 Å². The second-order valence-corrected chi connectivity index (χ2v) is 9.27. The summed E-state index contributed by atoms with van der Waals surface area (Å²) in [6.45, 7) is 3.74. The molecule has 36 heavy (non-hydrogen) atoms. The molecule has 1 aromatic carbocycles. The topological polar surface area (TPSA) is 130 Å². The van der Waals surface area contributed by atoms with E-state index in [1.165, 1.54) is 0 Å². The van der Waals surface area contributed by atoms with Gasteiger partial charge in [0, 0.05) is 49.4 Å². The van der Waals surface area contributed by atoms with Gasteiger partial charge in [0.25, 0.3) is 5.56 Å². The molecule has 4 heterocycles. The number of rotatable bonds is 6. The Morgan fingerprint density at radius 3 is 2.78 bits per heavy atom. The molecule has 1 aliphatic carbocycles. The lowest BCUT2D eigenvalue weighted by Crippen LogP contribution is -2.26.